The van der Waals surface area contributed by atoms with Crippen LogP contribution in [0.4, 0.5) is 0 Å². The first kappa shape index (κ1) is 10.9. The third-order valence-electron chi connectivity index (χ3n) is 3.58. The van der Waals surface area contributed by atoms with Gasteiger partial charge in [-0.2, -0.15) is 0 Å². The Morgan fingerprint density at radius 3 is 2.67 bits per heavy atom. The first-order chi connectivity index (χ1) is 7.36. The zero-order valence-corrected chi connectivity index (χ0v) is 9.50. The lowest BCUT2D eigenvalue weighted by Crippen LogP contribution is -2.36. The van der Waals surface area contributed by atoms with Gasteiger partial charge in [0.25, 0.3) is 0 Å². The van der Waals surface area contributed by atoms with Crippen LogP contribution in [-0.2, 0) is 4.79 Å². The Balaban J connectivity index is 1.66. The van der Waals surface area contributed by atoms with Gasteiger partial charge in [-0.25, -0.2) is 0 Å². The molecule has 2 rings (SSSR count). The first-order valence-electron chi connectivity index (χ1n) is 6.37. The molecule has 2 saturated heterocycles. The monoisotopic (exact) mass is 210 g/mol. The normalized spacial score (nSPS) is 26.9. The van der Waals surface area contributed by atoms with Crippen molar-refractivity contribution < 1.29 is 4.79 Å². The molecule has 0 spiro atoms. The zero-order valence-electron chi connectivity index (χ0n) is 9.50. The van der Waals surface area contributed by atoms with E-state index in [1.54, 1.807) is 0 Å². The van der Waals surface area contributed by atoms with Crippen molar-refractivity contribution in [3.8, 4) is 0 Å². The summed E-state index contributed by atoms with van der Waals surface area (Å²) in [5.41, 5.74) is 0. The minimum Gasteiger partial charge on any atom is -0.343 e. The van der Waals surface area contributed by atoms with E-state index in [0.29, 0.717) is 11.9 Å². The zero-order chi connectivity index (χ0) is 10.5. The minimum atomic E-state index is 0.378. The third kappa shape index (κ3) is 3.20. The molecule has 0 aromatic carbocycles. The van der Waals surface area contributed by atoms with Crippen molar-refractivity contribution >= 4 is 5.91 Å². The Morgan fingerprint density at radius 1 is 1.20 bits per heavy atom. The lowest BCUT2D eigenvalue weighted by molar-refractivity contribution is -0.132. The molecular formula is C12H22N2O. The molecule has 86 valence electrons. The van der Waals surface area contributed by atoms with E-state index in [1.807, 2.05) is 0 Å². The Kier molecular flexibility index (Phi) is 4.01. The highest BCUT2D eigenvalue weighted by atomic mass is 16.2. The highest BCUT2D eigenvalue weighted by Gasteiger charge is 2.19. The average Bonchev–Trinajstić information content (AvgIpc) is 2.80. The molecule has 1 atom stereocenters. The van der Waals surface area contributed by atoms with Crippen molar-refractivity contribution in [2.75, 3.05) is 19.6 Å². The summed E-state index contributed by atoms with van der Waals surface area (Å²) in [6.45, 7) is 3.14. The molecule has 1 N–H and O–H groups in total. The fourth-order valence-corrected chi connectivity index (χ4v) is 2.60. The maximum atomic E-state index is 11.9. The largest absolute Gasteiger partial charge is 0.343 e. The van der Waals surface area contributed by atoms with Gasteiger partial charge in [-0.15, -0.1) is 0 Å². The van der Waals surface area contributed by atoms with Gasteiger partial charge >= 0.3 is 0 Å². The van der Waals surface area contributed by atoms with E-state index in [4.69, 9.17) is 0 Å². The summed E-state index contributed by atoms with van der Waals surface area (Å²) < 4.78 is 0. The van der Waals surface area contributed by atoms with Crippen LogP contribution < -0.4 is 5.32 Å². The predicted octanol–water partition coefficient (Wildman–Crippen LogP) is 1.53. The molecule has 2 aliphatic rings. The lowest BCUT2D eigenvalue weighted by atomic mass is 10.1. The minimum absolute atomic E-state index is 0.378. The molecule has 1 unspecified atom stereocenters. The van der Waals surface area contributed by atoms with Crippen LogP contribution in [0.1, 0.15) is 44.9 Å². The van der Waals surface area contributed by atoms with Gasteiger partial charge in [0.15, 0.2) is 0 Å². The van der Waals surface area contributed by atoms with Gasteiger partial charge in [0.05, 0.1) is 0 Å². The first-order valence-corrected chi connectivity index (χ1v) is 6.37. The number of nitrogens with zero attached hydrogens (tertiary/aromatic N) is 1. The topological polar surface area (TPSA) is 32.3 Å². The summed E-state index contributed by atoms with van der Waals surface area (Å²) in [6.07, 6.45) is 8.03. The van der Waals surface area contributed by atoms with Gasteiger partial charge in [0, 0.05) is 25.6 Å². The van der Waals surface area contributed by atoms with Crippen molar-refractivity contribution in [3.63, 3.8) is 0 Å². The van der Waals surface area contributed by atoms with Crippen LogP contribution in [0.3, 0.4) is 0 Å². The highest BCUT2D eigenvalue weighted by molar-refractivity contribution is 5.76. The molecule has 3 heteroatoms. The van der Waals surface area contributed by atoms with E-state index >= 15 is 0 Å². The molecule has 15 heavy (non-hydrogen) atoms. The molecular weight excluding hydrogens is 188 g/mol. The van der Waals surface area contributed by atoms with Crippen molar-refractivity contribution in [1.82, 2.24) is 10.2 Å². The van der Waals surface area contributed by atoms with Crippen LogP contribution in [0.25, 0.3) is 0 Å². The van der Waals surface area contributed by atoms with E-state index in [1.165, 1.54) is 32.1 Å². The Bertz CT molecular complexity index is 206. The van der Waals surface area contributed by atoms with E-state index in [0.717, 1.165) is 32.5 Å². The predicted molar refractivity (Wildman–Crippen MR) is 60.7 cm³/mol. The quantitative estimate of drug-likeness (QED) is 0.766. The number of carbonyl (C=O) groups excluding carboxylic acids is 1. The summed E-state index contributed by atoms with van der Waals surface area (Å²) >= 11 is 0. The second-order valence-corrected chi connectivity index (χ2v) is 4.77. The molecule has 2 fully saturated rings. The van der Waals surface area contributed by atoms with Gasteiger partial charge in [0.2, 0.25) is 5.91 Å². The van der Waals surface area contributed by atoms with Gasteiger partial charge in [-0.3, -0.25) is 4.79 Å². The summed E-state index contributed by atoms with van der Waals surface area (Å²) in [5, 5.41) is 3.44. The third-order valence-corrected chi connectivity index (χ3v) is 3.58. The summed E-state index contributed by atoms with van der Waals surface area (Å²) in [6, 6.07) is 0.610. The van der Waals surface area contributed by atoms with Crippen LogP contribution in [0, 0.1) is 0 Å². The molecule has 2 aliphatic heterocycles. The van der Waals surface area contributed by atoms with Crippen LogP contribution in [0.2, 0.25) is 0 Å². The van der Waals surface area contributed by atoms with Crippen LogP contribution >= 0.6 is 0 Å². The fourth-order valence-electron chi connectivity index (χ4n) is 2.60. The molecule has 0 radical (unpaired) electrons. The number of rotatable bonds is 3. The smallest absolute Gasteiger partial charge is 0.222 e. The lowest BCUT2D eigenvalue weighted by Gasteiger charge is -2.27. The van der Waals surface area contributed by atoms with Gasteiger partial charge in [-0.05, 0) is 45.1 Å². The molecule has 0 aromatic rings. The molecule has 0 saturated carbocycles. The maximum Gasteiger partial charge on any atom is 0.222 e. The van der Waals surface area contributed by atoms with Crippen molar-refractivity contribution in [2.45, 2.75) is 51.0 Å². The number of hydrogen-bond donors (Lipinski definition) is 1. The second kappa shape index (κ2) is 5.50. The van der Waals surface area contributed by atoms with Crippen LogP contribution in [-0.4, -0.2) is 36.5 Å². The van der Waals surface area contributed by atoms with Gasteiger partial charge in [-0.1, -0.05) is 0 Å². The summed E-state index contributed by atoms with van der Waals surface area (Å²) in [5.74, 6) is 0.378. The number of carbonyl (C=O) groups is 1. The van der Waals surface area contributed by atoms with Crippen LogP contribution in [0.15, 0.2) is 0 Å². The molecule has 0 bridgehead atoms. The van der Waals surface area contributed by atoms with E-state index in [9.17, 15) is 4.79 Å². The fraction of sp³-hybridized carbons (Fsp3) is 0.917. The molecule has 1 amide bonds. The highest BCUT2D eigenvalue weighted by Crippen LogP contribution is 2.14. The van der Waals surface area contributed by atoms with Gasteiger partial charge < -0.3 is 10.2 Å². The Labute approximate surface area is 92.2 Å². The standard InChI is InChI=1S/C12H22N2O/c15-12(14-9-2-1-3-10-14)7-6-11-5-4-8-13-11/h11,13H,1-10H2. The maximum absolute atomic E-state index is 11.9. The molecule has 2 heterocycles. The van der Waals surface area contributed by atoms with Crippen LogP contribution in [0.5, 0.6) is 0 Å². The van der Waals surface area contributed by atoms with Crippen molar-refractivity contribution in [3.05, 3.63) is 0 Å². The molecule has 3 nitrogen and oxygen atoms in total. The number of amides is 1. The summed E-state index contributed by atoms with van der Waals surface area (Å²) in [4.78, 5) is 13.9. The van der Waals surface area contributed by atoms with Gasteiger partial charge in [0.1, 0.15) is 0 Å². The van der Waals surface area contributed by atoms with E-state index in [-0.39, 0.29) is 0 Å². The SMILES string of the molecule is O=C(CCC1CCCN1)N1CCCCC1. The Morgan fingerprint density at radius 2 is 2.00 bits per heavy atom. The number of hydrogen-bond acceptors (Lipinski definition) is 2. The number of nitrogens with one attached hydrogen (secondary N) is 1. The number of piperidine rings is 1. The molecule has 0 aromatic heterocycles. The second-order valence-electron chi connectivity index (χ2n) is 4.77. The molecule has 0 aliphatic carbocycles. The average molecular weight is 210 g/mol. The number of likely N-dealkylation sites (tertiary alicyclic amines) is 1. The van der Waals surface area contributed by atoms with Crippen molar-refractivity contribution in [1.29, 1.82) is 0 Å². The van der Waals surface area contributed by atoms with E-state index < -0.39 is 0 Å². The van der Waals surface area contributed by atoms with Crippen molar-refractivity contribution in [2.24, 2.45) is 0 Å². The van der Waals surface area contributed by atoms with E-state index in [2.05, 4.69) is 10.2 Å². The Hall–Kier alpha value is -0.570. The summed E-state index contributed by atoms with van der Waals surface area (Å²) in [7, 11) is 0.